The normalized spacial score (nSPS) is 29.7. The Balaban J connectivity index is 1.62. The molecule has 1 saturated heterocycles. The molecule has 2 rings (SSSR count). The Hall–Kier alpha value is -0.420. The Morgan fingerprint density at radius 2 is 1.58 bits per heavy atom. The van der Waals surface area contributed by atoms with Gasteiger partial charge in [-0.2, -0.15) is 0 Å². The molecule has 2 fully saturated rings. The van der Waals surface area contributed by atoms with Crippen molar-refractivity contribution in [3.05, 3.63) is 0 Å². The highest BCUT2D eigenvalue weighted by atomic mass is 32.2. The standard InChI is InChI=1S/C14H26N2O2S/c17-14(16-13-5-3-1-2-4-6-13)11-15-12-7-9-19(18)10-8-12/h12-13,15H,1-11H2,(H,16,17). The second-order valence-corrected chi connectivity index (χ2v) is 7.46. The zero-order valence-electron chi connectivity index (χ0n) is 11.7. The molecule has 0 aromatic carbocycles. The Labute approximate surface area is 118 Å². The summed E-state index contributed by atoms with van der Waals surface area (Å²) in [5, 5.41) is 6.45. The summed E-state index contributed by atoms with van der Waals surface area (Å²) < 4.78 is 11.2. The number of amides is 1. The van der Waals surface area contributed by atoms with Gasteiger partial charge in [0.15, 0.2) is 0 Å². The summed E-state index contributed by atoms with van der Waals surface area (Å²) in [5.74, 6) is 1.68. The van der Waals surface area contributed by atoms with E-state index in [0.29, 0.717) is 18.6 Å². The molecule has 0 radical (unpaired) electrons. The van der Waals surface area contributed by atoms with Crippen molar-refractivity contribution < 1.29 is 9.00 Å². The monoisotopic (exact) mass is 286 g/mol. The van der Waals surface area contributed by atoms with Gasteiger partial charge in [-0.05, 0) is 25.7 Å². The number of hydrogen-bond acceptors (Lipinski definition) is 3. The van der Waals surface area contributed by atoms with Gasteiger partial charge in [0.25, 0.3) is 0 Å². The average molecular weight is 286 g/mol. The Kier molecular flexibility index (Phi) is 6.31. The number of rotatable bonds is 4. The van der Waals surface area contributed by atoms with Gasteiger partial charge in [-0.15, -0.1) is 0 Å². The molecule has 1 aliphatic heterocycles. The van der Waals surface area contributed by atoms with Crippen LogP contribution in [0.4, 0.5) is 0 Å². The minimum absolute atomic E-state index is 0.124. The Morgan fingerprint density at radius 3 is 2.21 bits per heavy atom. The third-order valence-electron chi connectivity index (χ3n) is 4.16. The fraction of sp³-hybridized carbons (Fsp3) is 0.929. The molecule has 0 atom stereocenters. The summed E-state index contributed by atoms with van der Waals surface area (Å²) in [6, 6.07) is 0.758. The molecule has 5 heteroatoms. The molecule has 0 aromatic heterocycles. The van der Waals surface area contributed by atoms with E-state index < -0.39 is 10.8 Å². The van der Waals surface area contributed by atoms with Gasteiger partial charge in [-0.1, -0.05) is 25.7 Å². The SMILES string of the molecule is O=C(CNC1CCS(=O)CC1)NC1CCCCCC1. The highest BCUT2D eigenvalue weighted by Crippen LogP contribution is 2.17. The average Bonchev–Trinajstić information content (AvgIpc) is 2.67. The van der Waals surface area contributed by atoms with Crippen molar-refractivity contribution in [3.8, 4) is 0 Å². The van der Waals surface area contributed by atoms with Crippen molar-refractivity contribution >= 4 is 16.7 Å². The number of hydrogen-bond donors (Lipinski definition) is 2. The summed E-state index contributed by atoms with van der Waals surface area (Å²) in [6.07, 6.45) is 9.24. The highest BCUT2D eigenvalue weighted by Gasteiger charge is 2.19. The van der Waals surface area contributed by atoms with Gasteiger partial charge in [-0.3, -0.25) is 9.00 Å². The maximum absolute atomic E-state index is 11.9. The van der Waals surface area contributed by atoms with Gasteiger partial charge in [0, 0.05) is 34.4 Å². The van der Waals surface area contributed by atoms with Crippen LogP contribution in [0.5, 0.6) is 0 Å². The molecule has 2 N–H and O–H groups in total. The summed E-state index contributed by atoms with van der Waals surface area (Å²) in [7, 11) is -0.623. The van der Waals surface area contributed by atoms with E-state index in [1.807, 2.05) is 0 Å². The van der Waals surface area contributed by atoms with Crippen molar-refractivity contribution in [3.63, 3.8) is 0 Å². The molecule has 110 valence electrons. The molecule has 2 aliphatic rings. The molecule has 1 aliphatic carbocycles. The first-order chi connectivity index (χ1) is 9.24. The van der Waals surface area contributed by atoms with E-state index in [1.54, 1.807) is 0 Å². The third-order valence-corrected chi connectivity index (χ3v) is 5.54. The lowest BCUT2D eigenvalue weighted by molar-refractivity contribution is -0.121. The van der Waals surface area contributed by atoms with Crippen LogP contribution in [0.25, 0.3) is 0 Å². The van der Waals surface area contributed by atoms with Crippen LogP contribution in [-0.2, 0) is 15.6 Å². The largest absolute Gasteiger partial charge is 0.352 e. The van der Waals surface area contributed by atoms with Crippen LogP contribution in [0.1, 0.15) is 51.4 Å². The summed E-state index contributed by atoms with van der Waals surface area (Å²) in [5.41, 5.74) is 0. The lowest BCUT2D eigenvalue weighted by atomic mass is 10.1. The zero-order chi connectivity index (χ0) is 13.5. The van der Waals surface area contributed by atoms with Crippen LogP contribution in [-0.4, -0.2) is 40.3 Å². The molecule has 0 bridgehead atoms. The zero-order valence-corrected chi connectivity index (χ0v) is 12.5. The predicted molar refractivity (Wildman–Crippen MR) is 78.5 cm³/mol. The summed E-state index contributed by atoms with van der Waals surface area (Å²) in [4.78, 5) is 11.9. The lowest BCUT2D eigenvalue weighted by Crippen LogP contribution is -2.44. The predicted octanol–water partition coefficient (Wildman–Crippen LogP) is 1.33. The topological polar surface area (TPSA) is 58.2 Å². The fourth-order valence-corrected chi connectivity index (χ4v) is 4.24. The number of carbonyl (C=O) groups is 1. The fourth-order valence-electron chi connectivity index (χ4n) is 2.94. The maximum atomic E-state index is 11.9. The first-order valence-corrected chi connectivity index (χ1v) is 9.10. The smallest absolute Gasteiger partial charge is 0.234 e. The van der Waals surface area contributed by atoms with E-state index in [1.165, 1.54) is 25.7 Å². The van der Waals surface area contributed by atoms with Crippen LogP contribution in [0, 0.1) is 0 Å². The van der Waals surface area contributed by atoms with Crippen LogP contribution in [0.3, 0.4) is 0 Å². The van der Waals surface area contributed by atoms with Gasteiger partial charge >= 0.3 is 0 Å². The highest BCUT2D eigenvalue weighted by molar-refractivity contribution is 7.85. The molecule has 1 saturated carbocycles. The van der Waals surface area contributed by atoms with E-state index in [-0.39, 0.29) is 5.91 Å². The minimum atomic E-state index is -0.623. The second kappa shape index (κ2) is 8.00. The molecular formula is C14H26N2O2S. The van der Waals surface area contributed by atoms with Gasteiger partial charge in [0.05, 0.1) is 6.54 Å². The van der Waals surface area contributed by atoms with Crippen molar-refractivity contribution in [1.82, 2.24) is 10.6 Å². The summed E-state index contributed by atoms with van der Waals surface area (Å²) >= 11 is 0. The van der Waals surface area contributed by atoms with Crippen LogP contribution >= 0.6 is 0 Å². The van der Waals surface area contributed by atoms with Crippen molar-refractivity contribution in [2.75, 3.05) is 18.1 Å². The lowest BCUT2D eigenvalue weighted by Gasteiger charge is -2.23. The Bertz CT molecular complexity index is 305. The molecule has 1 amide bonds. The van der Waals surface area contributed by atoms with E-state index in [9.17, 15) is 9.00 Å². The van der Waals surface area contributed by atoms with Crippen molar-refractivity contribution in [1.29, 1.82) is 0 Å². The second-order valence-electron chi connectivity index (χ2n) is 5.76. The Morgan fingerprint density at radius 1 is 0.947 bits per heavy atom. The van der Waals surface area contributed by atoms with Crippen LogP contribution in [0.2, 0.25) is 0 Å². The first kappa shape index (κ1) is 15.0. The molecule has 4 nitrogen and oxygen atoms in total. The molecule has 0 unspecified atom stereocenters. The molecule has 0 aromatic rings. The van der Waals surface area contributed by atoms with Crippen LogP contribution in [0.15, 0.2) is 0 Å². The summed E-state index contributed by atoms with van der Waals surface area (Å²) in [6.45, 7) is 0.411. The third kappa shape index (κ3) is 5.61. The number of carbonyl (C=O) groups excluding carboxylic acids is 1. The molecule has 1 heterocycles. The maximum Gasteiger partial charge on any atom is 0.234 e. The van der Waals surface area contributed by atoms with Gasteiger partial charge in [0.2, 0.25) is 5.91 Å². The number of nitrogens with one attached hydrogen (secondary N) is 2. The van der Waals surface area contributed by atoms with Crippen molar-refractivity contribution in [2.24, 2.45) is 0 Å². The van der Waals surface area contributed by atoms with E-state index in [0.717, 1.165) is 37.2 Å². The quantitative estimate of drug-likeness (QED) is 0.767. The van der Waals surface area contributed by atoms with Gasteiger partial charge < -0.3 is 10.6 Å². The van der Waals surface area contributed by atoms with E-state index in [4.69, 9.17) is 0 Å². The minimum Gasteiger partial charge on any atom is -0.352 e. The van der Waals surface area contributed by atoms with Crippen LogP contribution < -0.4 is 10.6 Å². The molecule has 19 heavy (non-hydrogen) atoms. The van der Waals surface area contributed by atoms with E-state index >= 15 is 0 Å². The van der Waals surface area contributed by atoms with Gasteiger partial charge in [0.1, 0.15) is 0 Å². The van der Waals surface area contributed by atoms with Crippen molar-refractivity contribution in [2.45, 2.75) is 63.5 Å². The molecular weight excluding hydrogens is 260 g/mol. The van der Waals surface area contributed by atoms with E-state index in [2.05, 4.69) is 10.6 Å². The first-order valence-electron chi connectivity index (χ1n) is 7.62. The van der Waals surface area contributed by atoms with Gasteiger partial charge in [-0.25, -0.2) is 0 Å². The molecule has 0 spiro atoms.